The molecule has 0 aromatic heterocycles. The summed E-state index contributed by atoms with van der Waals surface area (Å²) in [7, 11) is 0. The van der Waals surface area contributed by atoms with Crippen LogP contribution in [0.1, 0.15) is 19.4 Å². The lowest BCUT2D eigenvalue weighted by atomic mass is 10.1. The molecule has 0 aliphatic carbocycles. The van der Waals surface area contributed by atoms with Crippen molar-refractivity contribution in [2.75, 3.05) is 25.1 Å². The topological polar surface area (TPSA) is 84.9 Å². The second-order valence-corrected chi connectivity index (χ2v) is 7.78. The van der Waals surface area contributed by atoms with Crippen molar-refractivity contribution in [3.8, 4) is 11.5 Å². The third-order valence-electron chi connectivity index (χ3n) is 4.15. The van der Waals surface area contributed by atoms with Crippen molar-refractivity contribution in [2.24, 2.45) is 0 Å². The maximum atomic E-state index is 12.7. The number of para-hydroxylation sites is 1. The van der Waals surface area contributed by atoms with Crippen molar-refractivity contribution in [1.29, 1.82) is 0 Å². The molecule has 0 saturated carbocycles. The highest BCUT2D eigenvalue weighted by molar-refractivity contribution is 8.18. The van der Waals surface area contributed by atoms with Crippen LogP contribution in [0, 0.1) is 0 Å². The first kappa shape index (κ1) is 22.7. The molecule has 9 heteroatoms. The number of amides is 3. The molecule has 2 aromatic carbocycles. The monoisotopic (exact) mass is 460 g/mol. The summed E-state index contributed by atoms with van der Waals surface area (Å²) in [4.78, 5) is 38.4. The van der Waals surface area contributed by atoms with E-state index in [2.05, 4.69) is 5.32 Å². The van der Waals surface area contributed by atoms with Gasteiger partial charge in [-0.3, -0.25) is 19.3 Å². The van der Waals surface area contributed by atoms with E-state index >= 15 is 0 Å². The van der Waals surface area contributed by atoms with Gasteiger partial charge in [0.1, 0.15) is 6.54 Å². The fraction of sp³-hybridized carbons (Fsp3) is 0.227. The van der Waals surface area contributed by atoms with Crippen LogP contribution in [0.15, 0.2) is 47.4 Å². The summed E-state index contributed by atoms with van der Waals surface area (Å²) >= 11 is 7.09. The van der Waals surface area contributed by atoms with Crippen LogP contribution in [0.3, 0.4) is 0 Å². The van der Waals surface area contributed by atoms with Crippen LogP contribution in [-0.2, 0) is 9.59 Å². The van der Waals surface area contributed by atoms with E-state index in [1.54, 1.807) is 42.5 Å². The van der Waals surface area contributed by atoms with Gasteiger partial charge in [0.25, 0.3) is 11.1 Å². The molecule has 1 heterocycles. The molecule has 1 aliphatic rings. The van der Waals surface area contributed by atoms with Crippen LogP contribution in [0.25, 0.3) is 6.08 Å². The van der Waals surface area contributed by atoms with Gasteiger partial charge in [-0.15, -0.1) is 0 Å². The van der Waals surface area contributed by atoms with E-state index in [0.717, 1.165) is 16.7 Å². The molecule has 0 unspecified atom stereocenters. The maximum Gasteiger partial charge on any atom is 0.294 e. The highest BCUT2D eigenvalue weighted by Crippen LogP contribution is 2.39. The quantitative estimate of drug-likeness (QED) is 0.569. The molecule has 162 valence electrons. The molecule has 3 rings (SSSR count). The second kappa shape index (κ2) is 10.4. The van der Waals surface area contributed by atoms with E-state index in [4.69, 9.17) is 21.1 Å². The highest BCUT2D eigenvalue weighted by Gasteiger charge is 2.36. The van der Waals surface area contributed by atoms with E-state index < -0.39 is 17.1 Å². The summed E-state index contributed by atoms with van der Waals surface area (Å²) in [6.45, 7) is 4.13. The molecule has 1 aliphatic heterocycles. The first-order valence-corrected chi connectivity index (χ1v) is 10.8. The zero-order chi connectivity index (χ0) is 22.4. The van der Waals surface area contributed by atoms with Gasteiger partial charge in [0.05, 0.1) is 23.1 Å². The molecule has 1 N–H and O–H groups in total. The van der Waals surface area contributed by atoms with Gasteiger partial charge in [-0.05, 0) is 61.5 Å². The number of nitrogens with zero attached hydrogens (tertiary/aromatic N) is 1. The van der Waals surface area contributed by atoms with Gasteiger partial charge in [0, 0.05) is 5.69 Å². The van der Waals surface area contributed by atoms with E-state index in [-0.39, 0.29) is 11.4 Å². The van der Waals surface area contributed by atoms with Crippen molar-refractivity contribution in [3.05, 3.63) is 58.0 Å². The predicted molar refractivity (Wildman–Crippen MR) is 122 cm³/mol. The minimum Gasteiger partial charge on any atom is -0.490 e. The lowest BCUT2D eigenvalue weighted by molar-refractivity contribution is -0.127. The van der Waals surface area contributed by atoms with Gasteiger partial charge in [-0.1, -0.05) is 29.8 Å². The molecule has 1 fully saturated rings. The summed E-state index contributed by atoms with van der Waals surface area (Å²) in [5, 5.41) is 2.48. The predicted octanol–water partition coefficient (Wildman–Crippen LogP) is 4.81. The first-order chi connectivity index (χ1) is 14.9. The van der Waals surface area contributed by atoms with E-state index in [9.17, 15) is 14.4 Å². The molecular weight excluding hydrogens is 440 g/mol. The van der Waals surface area contributed by atoms with Crippen LogP contribution < -0.4 is 14.8 Å². The molecule has 1 saturated heterocycles. The summed E-state index contributed by atoms with van der Waals surface area (Å²) in [6.07, 6.45) is 1.55. The molecule has 0 spiro atoms. The summed E-state index contributed by atoms with van der Waals surface area (Å²) < 4.78 is 11.1. The molecule has 0 radical (unpaired) electrons. The minimum atomic E-state index is -0.541. The number of rotatable bonds is 8. The Morgan fingerprint density at radius 3 is 2.52 bits per heavy atom. The number of carbonyl (C=O) groups excluding carboxylic acids is 3. The Hall–Kier alpha value is -2.97. The van der Waals surface area contributed by atoms with E-state index in [1.165, 1.54) is 0 Å². The van der Waals surface area contributed by atoms with Crippen LogP contribution in [-0.4, -0.2) is 41.7 Å². The van der Waals surface area contributed by atoms with E-state index in [0.29, 0.717) is 41.0 Å². The minimum absolute atomic E-state index is 0.195. The highest BCUT2D eigenvalue weighted by atomic mass is 35.5. The number of nitrogens with one attached hydrogen (secondary N) is 1. The van der Waals surface area contributed by atoms with Crippen molar-refractivity contribution in [2.45, 2.75) is 13.8 Å². The molecule has 0 bridgehead atoms. The number of benzene rings is 2. The number of halogens is 1. The first-order valence-electron chi connectivity index (χ1n) is 9.62. The number of hydrogen-bond donors (Lipinski definition) is 1. The van der Waals surface area contributed by atoms with Crippen molar-refractivity contribution < 1.29 is 23.9 Å². The molecule has 7 nitrogen and oxygen atoms in total. The Labute approximate surface area is 189 Å². The van der Waals surface area contributed by atoms with Crippen LogP contribution >= 0.6 is 23.4 Å². The largest absolute Gasteiger partial charge is 0.490 e. The second-order valence-electron chi connectivity index (χ2n) is 6.38. The normalized spacial score (nSPS) is 14.8. The average molecular weight is 461 g/mol. The number of anilines is 1. The van der Waals surface area contributed by atoms with Gasteiger partial charge < -0.3 is 14.8 Å². The van der Waals surface area contributed by atoms with Gasteiger partial charge in [0.15, 0.2) is 11.5 Å². The van der Waals surface area contributed by atoms with Gasteiger partial charge in [-0.2, -0.15) is 0 Å². The Balaban J connectivity index is 1.77. The zero-order valence-corrected chi connectivity index (χ0v) is 18.6. The average Bonchev–Trinajstić information content (AvgIpc) is 2.99. The van der Waals surface area contributed by atoms with Crippen molar-refractivity contribution >= 4 is 52.2 Å². The third-order valence-corrected chi connectivity index (χ3v) is 5.34. The molecule has 0 atom stereocenters. The zero-order valence-electron chi connectivity index (χ0n) is 17.0. The number of thioether (sulfide) groups is 1. The van der Waals surface area contributed by atoms with Crippen LogP contribution in [0.5, 0.6) is 11.5 Å². The molecule has 31 heavy (non-hydrogen) atoms. The van der Waals surface area contributed by atoms with Gasteiger partial charge >= 0.3 is 0 Å². The lowest BCUT2D eigenvalue weighted by Crippen LogP contribution is -2.36. The molecule has 3 amide bonds. The summed E-state index contributed by atoms with van der Waals surface area (Å²) in [5.74, 6) is -0.128. The van der Waals surface area contributed by atoms with Gasteiger partial charge in [0.2, 0.25) is 5.91 Å². The number of imide groups is 1. The molecular formula is C22H21ClN2O5S. The fourth-order valence-electron chi connectivity index (χ4n) is 2.87. The number of ether oxygens (including phenoxy) is 2. The fourth-order valence-corrected chi connectivity index (χ4v) is 3.98. The van der Waals surface area contributed by atoms with Crippen LogP contribution in [0.4, 0.5) is 10.5 Å². The van der Waals surface area contributed by atoms with Crippen LogP contribution in [0.2, 0.25) is 5.02 Å². The van der Waals surface area contributed by atoms with Crippen molar-refractivity contribution in [1.82, 2.24) is 4.90 Å². The smallest absolute Gasteiger partial charge is 0.294 e. The SMILES string of the molecule is CCOc1cc(/C=C2/SC(=O)N(CC(=O)Nc3ccccc3)C2=O)cc(Cl)c1OCC. The lowest BCUT2D eigenvalue weighted by Gasteiger charge is -2.13. The van der Waals surface area contributed by atoms with Crippen molar-refractivity contribution in [3.63, 3.8) is 0 Å². The Kier molecular flexibility index (Phi) is 7.59. The standard InChI is InChI=1S/C22H21ClN2O5S/c1-3-29-17-11-14(10-16(23)20(17)30-4-2)12-18-21(27)25(22(28)31-18)13-19(26)24-15-8-6-5-7-9-15/h5-12H,3-4,13H2,1-2H3,(H,24,26)/b18-12+. The Morgan fingerprint density at radius 2 is 1.84 bits per heavy atom. The maximum absolute atomic E-state index is 12.7. The van der Waals surface area contributed by atoms with Gasteiger partial charge in [-0.25, -0.2) is 0 Å². The summed E-state index contributed by atoms with van der Waals surface area (Å²) in [6, 6.07) is 12.1. The molecule has 2 aromatic rings. The number of carbonyl (C=O) groups is 3. The third kappa shape index (κ3) is 5.59. The number of hydrogen-bond acceptors (Lipinski definition) is 6. The Bertz CT molecular complexity index is 1030. The Morgan fingerprint density at radius 1 is 1.13 bits per heavy atom. The summed E-state index contributed by atoms with van der Waals surface area (Å²) in [5.41, 5.74) is 1.17. The van der Waals surface area contributed by atoms with E-state index in [1.807, 2.05) is 19.9 Å².